The molecule has 0 atom stereocenters. The van der Waals surface area contributed by atoms with Crippen molar-refractivity contribution < 1.29 is 0 Å². The molecule has 2 aliphatic rings. The Morgan fingerprint density at radius 3 is 2.46 bits per heavy atom. The van der Waals surface area contributed by atoms with Crippen molar-refractivity contribution in [1.82, 2.24) is 10.2 Å². The van der Waals surface area contributed by atoms with Crippen LogP contribution in [0.3, 0.4) is 0 Å². The topological polar surface area (TPSA) is 18.5 Å². The standard InChI is InChI=1S/C19H22ClN3S.2ClH/c20-15-6-7-19-17(14-15)23(16-4-1-2-5-18(16)24-19)11-3-10-22-12-8-21-9-13-22;;/h1-2,4-7,14,21H,3,8-13H2;2*1H. The van der Waals surface area contributed by atoms with E-state index in [-0.39, 0.29) is 24.8 Å². The first kappa shape index (κ1) is 21.7. The van der Waals surface area contributed by atoms with E-state index in [1.165, 1.54) is 21.2 Å². The van der Waals surface area contributed by atoms with Gasteiger partial charge in [-0.3, -0.25) is 0 Å². The minimum Gasteiger partial charge on any atom is -0.340 e. The number of fused-ring (bicyclic) bond motifs is 2. The van der Waals surface area contributed by atoms with Crippen molar-refractivity contribution in [1.29, 1.82) is 0 Å². The summed E-state index contributed by atoms with van der Waals surface area (Å²) in [5.74, 6) is 0. The molecule has 2 aromatic carbocycles. The number of nitrogens with one attached hydrogen (secondary N) is 1. The zero-order chi connectivity index (χ0) is 16.4. The molecule has 0 bridgehead atoms. The smallest absolute Gasteiger partial charge is 0.0567 e. The van der Waals surface area contributed by atoms with Gasteiger partial charge in [0.25, 0.3) is 0 Å². The van der Waals surface area contributed by atoms with Gasteiger partial charge < -0.3 is 15.1 Å². The number of nitrogens with zero attached hydrogens (tertiary/aromatic N) is 2. The first-order valence-corrected chi connectivity index (χ1v) is 9.78. The Hall–Kier alpha value is -0.620. The number of halogens is 3. The van der Waals surface area contributed by atoms with Crippen LogP contribution >= 0.6 is 48.2 Å². The summed E-state index contributed by atoms with van der Waals surface area (Å²) in [6.45, 7) is 6.73. The molecular weight excluding hydrogens is 409 g/mol. The minimum absolute atomic E-state index is 0. The molecule has 0 aliphatic carbocycles. The van der Waals surface area contributed by atoms with Crippen LogP contribution in [-0.4, -0.2) is 44.2 Å². The van der Waals surface area contributed by atoms with Crippen molar-refractivity contribution in [2.75, 3.05) is 44.2 Å². The highest BCUT2D eigenvalue weighted by Gasteiger charge is 2.23. The zero-order valence-electron chi connectivity index (χ0n) is 14.5. The third-order valence-electron chi connectivity index (χ3n) is 4.65. The fourth-order valence-corrected chi connectivity index (χ4v) is 4.67. The molecule has 0 spiro atoms. The summed E-state index contributed by atoms with van der Waals surface area (Å²) in [7, 11) is 0. The highest BCUT2D eigenvalue weighted by molar-refractivity contribution is 7.99. The first-order valence-electron chi connectivity index (χ1n) is 8.58. The van der Waals surface area contributed by atoms with Crippen LogP contribution < -0.4 is 10.2 Å². The fraction of sp³-hybridized carbons (Fsp3) is 0.368. The van der Waals surface area contributed by atoms with Gasteiger partial charge in [-0.15, -0.1) is 24.8 Å². The highest BCUT2D eigenvalue weighted by Crippen LogP contribution is 2.48. The van der Waals surface area contributed by atoms with E-state index in [4.69, 9.17) is 11.6 Å². The normalized spacial score (nSPS) is 16.1. The van der Waals surface area contributed by atoms with Gasteiger partial charge in [0.2, 0.25) is 0 Å². The second-order valence-electron chi connectivity index (χ2n) is 6.28. The van der Waals surface area contributed by atoms with Gasteiger partial charge in [-0.2, -0.15) is 0 Å². The van der Waals surface area contributed by atoms with Gasteiger partial charge in [0.05, 0.1) is 11.4 Å². The van der Waals surface area contributed by atoms with Crippen LogP contribution in [0.25, 0.3) is 0 Å². The lowest BCUT2D eigenvalue weighted by Gasteiger charge is -2.34. The van der Waals surface area contributed by atoms with Gasteiger partial charge >= 0.3 is 0 Å². The molecule has 0 unspecified atom stereocenters. The fourth-order valence-electron chi connectivity index (χ4n) is 3.43. The van der Waals surface area contributed by atoms with Crippen molar-refractivity contribution in [3.8, 4) is 0 Å². The Balaban J connectivity index is 0.00000121. The van der Waals surface area contributed by atoms with Crippen LogP contribution in [0, 0.1) is 0 Å². The Morgan fingerprint density at radius 2 is 1.65 bits per heavy atom. The Bertz CT molecular complexity index is 723. The Labute approximate surface area is 177 Å². The molecule has 0 aromatic heterocycles. The molecule has 0 saturated carbocycles. The predicted octanol–water partition coefficient (Wildman–Crippen LogP) is 5.08. The summed E-state index contributed by atoms with van der Waals surface area (Å²) in [5.41, 5.74) is 2.55. The molecular formula is C19H24Cl3N3S. The predicted molar refractivity (Wildman–Crippen MR) is 117 cm³/mol. The molecule has 2 aromatic rings. The van der Waals surface area contributed by atoms with Crippen LogP contribution in [0.4, 0.5) is 11.4 Å². The summed E-state index contributed by atoms with van der Waals surface area (Å²) in [6.07, 6.45) is 1.16. The molecule has 1 fully saturated rings. The molecule has 1 saturated heterocycles. The lowest BCUT2D eigenvalue weighted by molar-refractivity contribution is 0.239. The molecule has 4 rings (SSSR count). The molecule has 0 radical (unpaired) electrons. The van der Waals surface area contributed by atoms with Crippen LogP contribution in [0.5, 0.6) is 0 Å². The highest BCUT2D eigenvalue weighted by atomic mass is 35.5. The zero-order valence-corrected chi connectivity index (χ0v) is 17.7. The largest absolute Gasteiger partial charge is 0.340 e. The Morgan fingerprint density at radius 1 is 0.923 bits per heavy atom. The van der Waals surface area contributed by atoms with Crippen molar-refractivity contribution in [2.24, 2.45) is 0 Å². The number of rotatable bonds is 4. The monoisotopic (exact) mass is 431 g/mol. The molecule has 2 aliphatic heterocycles. The number of benzene rings is 2. The second kappa shape index (κ2) is 10.1. The quantitative estimate of drug-likeness (QED) is 0.725. The maximum atomic E-state index is 6.27. The van der Waals surface area contributed by atoms with E-state index >= 15 is 0 Å². The molecule has 26 heavy (non-hydrogen) atoms. The molecule has 0 amide bonds. The lowest BCUT2D eigenvalue weighted by Crippen LogP contribution is -2.44. The summed E-state index contributed by atoms with van der Waals surface area (Å²) >= 11 is 8.11. The maximum absolute atomic E-state index is 6.27. The van der Waals surface area contributed by atoms with Gasteiger partial charge in [0.15, 0.2) is 0 Å². The Kier molecular flexibility index (Phi) is 8.40. The van der Waals surface area contributed by atoms with Gasteiger partial charge in [-0.1, -0.05) is 35.5 Å². The number of anilines is 2. The third kappa shape index (κ3) is 4.80. The van der Waals surface area contributed by atoms with E-state index in [1.54, 1.807) is 0 Å². The summed E-state index contributed by atoms with van der Waals surface area (Å²) < 4.78 is 0. The van der Waals surface area contributed by atoms with E-state index in [9.17, 15) is 0 Å². The molecule has 1 N–H and O–H groups in total. The first-order chi connectivity index (χ1) is 11.8. The van der Waals surface area contributed by atoms with Crippen LogP contribution in [0.1, 0.15) is 6.42 Å². The van der Waals surface area contributed by atoms with Crippen molar-refractivity contribution in [3.05, 3.63) is 47.5 Å². The number of piperazine rings is 1. The van der Waals surface area contributed by atoms with Crippen molar-refractivity contribution >= 4 is 59.6 Å². The van der Waals surface area contributed by atoms with Crippen LogP contribution in [0.15, 0.2) is 52.3 Å². The van der Waals surface area contributed by atoms with E-state index in [0.29, 0.717) is 0 Å². The van der Waals surface area contributed by atoms with Crippen molar-refractivity contribution in [2.45, 2.75) is 16.2 Å². The summed E-state index contributed by atoms with van der Waals surface area (Å²) in [5, 5.41) is 4.22. The van der Waals surface area contributed by atoms with E-state index < -0.39 is 0 Å². The molecule has 142 valence electrons. The van der Waals surface area contributed by atoms with Crippen molar-refractivity contribution in [3.63, 3.8) is 0 Å². The van der Waals surface area contributed by atoms with E-state index in [0.717, 1.165) is 50.7 Å². The average Bonchev–Trinajstić information content (AvgIpc) is 2.62. The number of para-hydroxylation sites is 1. The summed E-state index contributed by atoms with van der Waals surface area (Å²) in [6, 6.07) is 14.9. The molecule has 3 nitrogen and oxygen atoms in total. The molecule has 7 heteroatoms. The summed E-state index contributed by atoms with van der Waals surface area (Å²) in [4.78, 5) is 7.62. The minimum atomic E-state index is 0. The van der Waals surface area contributed by atoms with Crippen LogP contribution in [-0.2, 0) is 0 Å². The number of hydrogen-bond donors (Lipinski definition) is 1. The number of hydrogen-bond acceptors (Lipinski definition) is 4. The molecule has 2 heterocycles. The van der Waals surface area contributed by atoms with Gasteiger partial charge in [-0.05, 0) is 43.3 Å². The average molecular weight is 433 g/mol. The second-order valence-corrected chi connectivity index (χ2v) is 7.80. The SMILES string of the molecule is Cl.Cl.Clc1ccc2c(c1)N(CCCN1CCNCC1)c1ccccc1S2. The lowest BCUT2D eigenvalue weighted by atomic mass is 10.2. The van der Waals surface area contributed by atoms with E-state index in [2.05, 4.69) is 51.5 Å². The van der Waals surface area contributed by atoms with Gasteiger partial charge in [0.1, 0.15) is 0 Å². The van der Waals surface area contributed by atoms with Gasteiger partial charge in [-0.25, -0.2) is 0 Å². The maximum Gasteiger partial charge on any atom is 0.0567 e. The third-order valence-corrected chi connectivity index (χ3v) is 6.02. The van der Waals surface area contributed by atoms with E-state index in [1.807, 2.05) is 17.8 Å². The van der Waals surface area contributed by atoms with Crippen LogP contribution in [0.2, 0.25) is 5.02 Å². The van der Waals surface area contributed by atoms with Gasteiger partial charge in [0, 0.05) is 47.5 Å².